The molecule has 0 fully saturated rings. The minimum absolute atomic E-state index is 0.0566. The molecule has 3 nitrogen and oxygen atoms in total. The van der Waals surface area contributed by atoms with Gasteiger partial charge in [0.05, 0.1) is 13.2 Å². The number of alkyl halides is 1. The monoisotopic (exact) mass is 202 g/mol. The lowest BCUT2D eigenvalue weighted by atomic mass is 10.1. The first-order chi connectivity index (χ1) is 6.22. The Morgan fingerprint density at radius 2 is 1.54 bits per heavy atom. The van der Waals surface area contributed by atoms with Crippen molar-refractivity contribution in [3.8, 4) is 5.75 Å². The topological polar surface area (TPSA) is 60.7 Å². The highest BCUT2D eigenvalue weighted by atomic mass is 35.5. The molecule has 0 saturated heterocycles. The van der Waals surface area contributed by atoms with Gasteiger partial charge >= 0.3 is 0 Å². The van der Waals surface area contributed by atoms with Crippen LogP contribution in [-0.2, 0) is 19.1 Å². The first-order valence-electron chi connectivity index (χ1n) is 3.84. The smallest absolute Gasteiger partial charge is 0.126 e. The molecule has 0 aromatic heterocycles. The summed E-state index contributed by atoms with van der Waals surface area (Å²) < 4.78 is 0. The molecule has 0 saturated carbocycles. The summed E-state index contributed by atoms with van der Waals surface area (Å²) in [4.78, 5) is 0. The van der Waals surface area contributed by atoms with Crippen molar-refractivity contribution >= 4 is 11.6 Å². The van der Waals surface area contributed by atoms with Crippen LogP contribution in [0, 0.1) is 0 Å². The van der Waals surface area contributed by atoms with E-state index in [0.29, 0.717) is 17.0 Å². The van der Waals surface area contributed by atoms with E-state index in [1.54, 1.807) is 12.1 Å². The van der Waals surface area contributed by atoms with Crippen molar-refractivity contribution in [3.63, 3.8) is 0 Å². The summed E-state index contributed by atoms with van der Waals surface area (Å²) >= 11 is 5.59. The fourth-order valence-electron chi connectivity index (χ4n) is 1.15. The predicted octanol–water partition coefficient (Wildman–Crippen LogP) is 1.12. The maximum absolute atomic E-state index is 9.45. The second-order valence-electron chi connectivity index (χ2n) is 2.71. The molecule has 0 radical (unpaired) electrons. The van der Waals surface area contributed by atoms with E-state index in [9.17, 15) is 5.11 Å². The molecule has 0 unspecified atom stereocenters. The van der Waals surface area contributed by atoms with Gasteiger partial charge < -0.3 is 15.3 Å². The van der Waals surface area contributed by atoms with Gasteiger partial charge in [-0.25, -0.2) is 0 Å². The molecule has 4 heteroatoms. The lowest BCUT2D eigenvalue weighted by Gasteiger charge is -2.08. The summed E-state index contributed by atoms with van der Waals surface area (Å²) in [5, 5.41) is 27.2. The van der Waals surface area contributed by atoms with Gasteiger partial charge in [0.2, 0.25) is 0 Å². The Bertz CT molecular complexity index is 274. The van der Waals surface area contributed by atoms with E-state index in [0.717, 1.165) is 5.56 Å². The highest BCUT2D eigenvalue weighted by molar-refractivity contribution is 6.17. The van der Waals surface area contributed by atoms with Gasteiger partial charge in [0.1, 0.15) is 5.75 Å². The van der Waals surface area contributed by atoms with Crippen LogP contribution >= 0.6 is 11.6 Å². The Kier molecular flexibility index (Phi) is 3.54. The van der Waals surface area contributed by atoms with Gasteiger partial charge in [-0.05, 0) is 17.7 Å². The maximum Gasteiger partial charge on any atom is 0.126 e. The van der Waals surface area contributed by atoms with E-state index in [1.807, 2.05) is 0 Å². The number of hydrogen-bond donors (Lipinski definition) is 3. The molecule has 0 spiro atoms. The number of benzene rings is 1. The molecule has 0 aliphatic heterocycles. The molecule has 3 N–H and O–H groups in total. The Morgan fingerprint density at radius 3 is 1.85 bits per heavy atom. The number of rotatable bonds is 3. The third-order valence-corrected chi connectivity index (χ3v) is 2.13. The first-order valence-corrected chi connectivity index (χ1v) is 4.37. The molecule has 13 heavy (non-hydrogen) atoms. The molecule has 0 amide bonds. The van der Waals surface area contributed by atoms with E-state index >= 15 is 0 Å². The zero-order valence-electron chi connectivity index (χ0n) is 7.00. The fraction of sp³-hybridized carbons (Fsp3) is 0.333. The Hall–Kier alpha value is -0.770. The summed E-state index contributed by atoms with van der Waals surface area (Å²) in [7, 11) is 0. The minimum atomic E-state index is -0.260. The third kappa shape index (κ3) is 2.12. The lowest BCUT2D eigenvalue weighted by Crippen LogP contribution is -1.94. The Morgan fingerprint density at radius 1 is 1.08 bits per heavy atom. The second kappa shape index (κ2) is 4.46. The SMILES string of the molecule is OCc1cc(CCl)cc(CO)c1O. The highest BCUT2D eigenvalue weighted by Crippen LogP contribution is 2.25. The molecule has 0 bridgehead atoms. The summed E-state index contributed by atoms with van der Waals surface area (Å²) in [6.45, 7) is -0.521. The van der Waals surface area contributed by atoms with Crippen LogP contribution in [0.3, 0.4) is 0 Å². The molecule has 0 aliphatic rings. The second-order valence-corrected chi connectivity index (χ2v) is 2.98. The number of aliphatic hydroxyl groups excluding tert-OH is 2. The summed E-state index contributed by atoms with van der Waals surface area (Å²) in [6.07, 6.45) is 0. The molecule has 0 aliphatic carbocycles. The van der Waals surface area contributed by atoms with Gasteiger partial charge in [-0.2, -0.15) is 0 Å². The summed E-state index contributed by atoms with van der Waals surface area (Å²) in [5.41, 5.74) is 1.55. The van der Waals surface area contributed by atoms with Crippen LogP contribution < -0.4 is 0 Å². The van der Waals surface area contributed by atoms with Gasteiger partial charge in [0.15, 0.2) is 0 Å². The van der Waals surface area contributed by atoms with Crippen molar-refractivity contribution in [2.75, 3.05) is 0 Å². The van der Waals surface area contributed by atoms with Crippen molar-refractivity contribution in [1.82, 2.24) is 0 Å². The first kappa shape index (κ1) is 10.3. The van der Waals surface area contributed by atoms with Crippen molar-refractivity contribution in [1.29, 1.82) is 0 Å². The van der Waals surface area contributed by atoms with E-state index in [4.69, 9.17) is 21.8 Å². The zero-order chi connectivity index (χ0) is 9.84. The predicted molar refractivity (Wildman–Crippen MR) is 49.5 cm³/mol. The molecule has 1 aromatic rings. The summed E-state index contributed by atoms with van der Waals surface area (Å²) in [5.74, 6) is 0.235. The third-order valence-electron chi connectivity index (χ3n) is 1.82. The molecule has 0 atom stereocenters. The number of aromatic hydroxyl groups is 1. The Labute approximate surface area is 81.2 Å². The van der Waals surface area contributed by atoms with Gasteiger partial charge in [0.25, 0.3) is 0 Å². The quantitative estimate of drug-likeness (QED) is 0.644. The fourth-order valence-corrected chi connectivity index (χ4v) is 1.30. The maximum atomic E-state index is 9.45. The average Bonchev–Trinajstić information content (AvgIpc) is 2.18. The largest absolute Gasteiger partial charge is 0.507 e. The van der Waals surface area contributed by atoms with Crippen LogP contribution in [-0.4, -0.2) is 15.3 Å². The van der Waals surface area contributed by atoms with Gasteiger partial charge in [-0.1, -0.05) is 0 Å². The molecular formula is C9H11ClO3. The van der Waals surface area contributed by atoms with Crippen LogP contribution in [0.5, 0.6) is 5.75 Å². The molecule has 72 valence electrons. The number of aliphatic hydroxyl groups is 2. The van der Waals surface area contributed by atoms with Crippen LogP contribution in [0.15, 0.2) is 12.1 Å². The number of phenols is 1. The lowest BCUT2D eigenvalue weighted by molar-refractivity contribution is 0.263. The van der Waals surface area contributed by atoms with Crippen molar-refractivity contribution < 1.29 is 15.3 Å². The van der Waals surface area contributed by atoms with Crippen LogP contribution in [0.25, 0.3) is 0 Å². The van der Waals surface area contributed by atoms with Gasteiger partial charge in [-0.15, -0.1) is 11.6 Å². The van der Waals surface area contributed by atoms with Crippen molar-refractivity contribution in [2.45, 2.75) is 19.1 Å². The zero-order valence-corrected chi connectivity index (χ0v) is 7.75. The van der Waals surface area contributed by atoms with E-state index in [1.165, 1.54) is 0 Å². The van der Waals surface area contributed by atoms with Crippen molar-refractivity contribution in [2.24, 2.45) is 0 Å². The number of halogens is 1. The normalized spacial score (nSPS) is 10.4. The Balaban J connectivity index is 3.20. The van der Waals surface area contributed by atoms with E-state index < -0.39 is 0 Å². The summed E-state index contributed by atoms with van der Waals surface area (Å²) in [6, 6.07) is 3.23. The van der Waals surface area contributed by atoms with Gasteiger partial charge in [0, 0.05) is 17.0 Å². The van der Waals surface area contributed by atoms with E-state index in [2.05, 4.69) is 0 Å². The van der Waals surface area contributed by atoms with Crippen LogP contribution in [0.2, 0.25) is 0 Å². The highest BCUT2D eigenvalue weighted by Gasteiger charge is 2.07. The molecule has 1 aromatic carbocycles. The number of hydrogen-bond acceptors (Lipinski definition) is 3. The van der Waals surface area contributed by atoms with Crippen LogP contribution in [0.1, 0.15) is 16.7 Å². The van der Waals surface area contributed by atoms with Gasteiger partial charge in [-0.3, -0.25) is 0 Å². The standard InChI is InChI=1S/C9H11ClO3/c10-3-6-1-7(4-11)9(13)8(2-6)5-12/h1-2,11-13H,3-5H2. The van der Waals surface area contributed by atoms with Crippen LogP contribution in [0.4, 0.5) is 0 Å². The molecule has 0 heterocycles. The molecular weight excluding hydrogens is 192 g/mol. The average molecular weight is 203 g/mol. The minimum Gasteiger partial charge on any atom is -0.507 e. The molecule has 1 rings (SSSR count). The van der Waals surface area contributed by atoms with Crippen molar-refractivity contribution in [3.05, 3.63) is 28.8 Å². The van der Waals surface area contributed by atoms with E-state index in [-0.39, 0.29) is 19.0 Å².